The van der Waals surface area contributed by atoms with Gasteiger partial charge in [0.1, 0.15) is 0 Å². The van der Waals surface area contributed by atoms with E-state index in [4.69, 9.17) is 6.42 Å². The first kappa shape index (κ1) is 10.3. The molecule has 1 aromatic rings. The Bertz CT molecular complexity index is 330. The third-order valence-electron chi connectivity index (χ3n) is 3.03. The summed E-state index contributed by atoms with van der Waals surface area (Å²) in [4.78, 5) is 2.42. The van der Waals surface area contributed by atoms with Crippen LogP contribution in [0.3, 0.4) is 0 Å². The summed E-state index contributed by atoms with van der Waals surface area (Å²) in [5.41, 5.74) is 1.25. The molecule has 0 aliphatic carbocycles. The average Bonchev–Trinajstić information content (AvgIpc) is 2.33. The molecule has 1 aromatic carbocycles. The summed E-state index contributed by atoms with van der Waals surface area (Å²) in [5, 5.41) is 0. The van der Waals surface area contributed by atoms with E-state index in [0.717, 1.165) is 13.1 Å². The molecule has 0 aromatic heterocycles. The quantitative estimate of drug-likeness (QED) is 0.662. The minimum absolute atomic E-state index is 0.173. The second kappa shape index (κ2) is 5.00. The Labute approximate surface area is 92.1 Å². The molecule has 1 fully saturated rings. The first-order valence-electron chi connectivity index (χ1n) is 5.67. The SMILES string of the molecule is C#C[C@@H](c1ccccc1)N1CCCCC1. The largest absolute Gasteiger partial charge is 0.286 e. The van der Waals surface area contributed by atoms with Crippen molar-refractivity contribution in [3.8, 4) is 12.3 Å². The summed E-state index contributed by atoms with van der Waals surface area (Å²) in [6.07, 6.45) is 9.56. The van der Waals surface area contributed by atoms with Gasteiger partial charge in [-0.3, -0.25) is 4.90 Å². The summed E-state index contributed by atoms with van der Waals surface area (Å²) < 4.78 is 0. The fraction of sp³-hybridized carbons (Fsp3) is 0.429. The van der Waals surface area contributed by atoms with Gasteiger partial charge in [0.05, 0.1) is 6.04 Å². The zero-order valence-corrected chi connectivity index (χ0v) is 9.02. The summed E-state index contributed by atoms with van der Waals surface area (Å²) in [5.74, 6) is 2.91. The van der Waals surface area contributed by atoms with E-state index in [1.54, 1.807) is 0 Å². The monoisotopic (exact) mass is 199 g/mol. The van der Waals surface area contributed by atoms with Crippen LogP contribution >= 0.6 is 0 Å². The van der Waals surface area contributed by atoms with E-state index in [9.17, 15) is 0 Å². The van der Waals surface area contributed by atoms with Crippen LogP contribution in [0.4, 0.5) is 0 Å². The summed E-state index contributed by atoms with van der Waals surface area (Å²) in [6, 6.07) is 10.6. The van der Waals surface area contributed by atoms with Crippen LogP contribution in [0.1, 0.15) is 30.9 Å². The van der Waals surface area contributed by atoms with Crippen molar-refractivity contribution in [2.75, 3.05) is 13.1 Å². The third-order valence-corrected chi connectivity index (χ3v) is 3.03. The van der Waals surface area contributed by atoms with Gasteiger partial charge in [-0.2, -0.15) is 0 Å². The van der Waals surface area contributed by atoms with Gasteiger partial charge in [0.25, 0.3) is 0 Å². The van der Waals surface area contributed by atoms with Crippen LogP contribution in [0, 0.1) is 12.3 Å². The molecule has 0 saturated carbocycles. The van der Waals surface area contributed by atoms with Gasteiger partial charge in [-0.15, -0.1) is 6.42 Å². The number of nitrogens with zero attached hydrogens (tertiary/aromatic N) is 1. The Balaban J connectivity index is 2.14. The second-order valence-corrected chi connectivity index (χ2v) is 4.08. The first-order valence-corrected chi connectivity index (χ1v) is 5.67. The van der Waals surface area contributed by atoms with Crippen molar-refractivity contribution in [2.24, 2.45) is 0 Å². The van der Waals surface area contributed by atoms with Gasteiger partial charge in [-0.1, -0.05) is 42.7 Å². The molecular formula is C14H17N. The number of benzene rings is 1. The maximum absolute atomic E-state index is 5.64. The lowest BCUT2D eigenvalue weighted by atomic mass is 10.0. The van der Waals surface area contributed by atoms with Crippen LogP contribution in [-0.2, 0) is 0 Å². The molecule has 1 aliphatic heterocycles. The summed E-state index contributed by atoms with van der Waals surface area (Å²) in [7, 11) is 0. The smallest absolute Gasteiger partial charge is 0.0968 e. The minimum Gasteiger partial charge on any atom is -0.286 e. The predicted octanol–water partition coefficient (Wildman–Crippen LogP) is 2.85. The van der Waals surface area contributed by atoms with Gasteiger partial charge in [0.2, 0.25) is 0 Å². The minimum atomic E-state index is 0.173. The molecule has 0 N–H and O–H groups in total. The van der Waals surface area contributed by atoms with Crippen LogP contribution in [-0.4, -0.2) is 18.0 Å². The van der Waals surface area contributed by atoms with Crippen LogP contribution in [0.2, 0.25) is 0 Å². The highest BCUT2D eigenvalue weighted by Gasteiger charge is 2.19. The second-order valence-electron chi connectivity index (χ2n) is 4.08. The molecular weight excluding hydrogens is 182 g/mol. The molecule has 1 heterocycles. The van der Waals surface area contributed by atoms with E-state index in [-0.39, 0.29) is 6.04 Å². The predicted molar refractivity (Wildman–Crippen MR) is 63.4 cm³/mol. The van der Waals surface area contributed by atoms with Crippen molar-refractivity contribution >= 4 is 0 Å². The summed E-state index contributed by atoms with van der Waals surface area (Å²) in [6.45, 7) is 2.29. The number of hydrogen-bond acceptors (Lipinski definition) is 1. The van der Waals surface area contributed by atoms with E-state index >= 15 is 0 Å². The third kappa shape index (κ3) is 2.40. The fourth-order valence-electron chi connectivity index (χ4n) is 2.22. The molecule has 1 aliphatic rings. The van der Waals surface area contributed by atoms with Gasteiger partial charge >= 0.3 is 0 Å². The van der Waals surface area contributed by atoms with E-state index < -0.39 is 0 Å². The zero-order valence-electron chi connectivity index (χ0n) is 9.02. The molecule has 0 spiro atoms. The van der Waals surface area contributed by atoms with E-state index in [1.807, 2.05) is 6.07 Å². The Morgan fingerprint density at radius 3 is 2.33 bits per heavy atom. The van der Waals surface area contributed by atoms with Crippen molar-refractivity contribution in [1.82, 2.24) is 4.90 Å². The van der Waals surface area contributed by atoms with Crippen molar-refractivity contribution in [3.63, 3.8) is 0 Å². The van der Waals surface area contributed by atoms with Crippen molar-refractivity contribution < 1.29 is 0 Å². The molecule has 0 radical (unpaired) electrons. The molecule has 0 bridgehead atoms. The molecule has 78 valence electrons. The zero-order chi connectivity index (χ0) is 10.5. The fourth-order valence-corrected chi connectivity index (χ4v) is 2.22. The first-order chi connectivity index (χ1) is 7.42. The normalized spacial score (nSPS) is 19.4. The lowest BCUT2D eigenvalue weighted by Crippen LogP contribution is -2.33. The molecule has 15 heavy (non-hydrogen) atoms. The standard InChI is InChI=1S/C14H17N/c1-2-14(13-9-5-3-6-10-13)15-11-7-4-8-12-15/h1,3,5-6,9-10,14H,4,7-8,11-12H2/t14-/m0/s1. The van der Waals surface area contributed by atoms with E-state index in [2.05, 4.69) is 35.1 Å². The van der Waals surface area contributed by atoms with Gasteiger partial charge in [0.15, 0.2) is 0 Å². The molecule has 1 saturated heterocycles. The molecule has 0 amide bonds. The Kier molecular flexibility index (Phi) is 3.42. The average molecular weight is 199 g/mol. The van der Waals surface area contributed by atoms with Crippen molar-refractivity contribution in [3.05, 3.63) is 35.9 Å². The molecule has 1 atom stereocenters. The molecule has 1 nitrogen and oxygen atoms in total. The lowest BCUT2D eigenvalue weighted by molar-refractivity contribution is 0.197. The van der Waals surface area contributed by atoms with Crippen molar-refractivity contribution in [2.45, 2.75) is 25.3 Å². The Morgan fingerprint density at radius 2 is 1.73 bits per heavy atom. The number of piperidine rings is 1. The van der Waals surface area contributed by atoms with Gasteiger partial charge in [-0.05, 0) is 31.5 Å². The van der Waals surface area contributed by atoms with Gasteiger partial charge in [-0.25, -0.2) is 0 Å². The van der Waals surface area contributed by atoms with E-state index in [1.165, 1.54) is 24.8 Å². The Morgan fingerprint density at radius 1 is 1.07 bits per heavy atom. The maximum atomic E-state index is 5.64. The van der Waals surface area contributed by atoms with Crippen LogP contribution in [0.5, 0.6) is 0 Å². The number of rotatable bonds is 2. The van der Waals surface area contributed by atoms with Crippen LogP contribution < -0.4 is 0 Å². The highest BCUT2D eigenvalue weighted by molar-refractivity contribution is 5.25. The highest BCUT2D eigenvalue weighted by Crippen LogP contribution is 2.23. The van der Waals surface area contributed by atoms with Gasteiger partial charge in [0, 0.05) is 0 Å². The van der Waals surface area contributed by atoms with Crippen molar-refractivity contribution in [1.29, 1.82) is 0 Å². The van der Waals surface area contributed by atoms with Crippen LogP contribution in [0.25, 0.3) is 0 Å². The number of likely N-dealkylation sites (tertiary alicyclic amines) is 1. The summed E-state index contributed by atoms with van der Waals surface area (Å²) >= 11 is 0. The molecule has 1 heteroatoms. The lowest BCUT2D eigenvalue weighted by Gasteiger charge is -2.31. The van der Waals surface area contributed by atoms with Gasteiger partial charge < -0.3 is 0 Å². The molecule has 0 unspecified atom stereocenters. The highest BCUT2D eigenvalue weighted by atomic mass is 15.2. The number of terminal acetylenes is 1. The molecule has 2 rings (SSSR count). The van der Waals surface area contributed by atoms with E-state index in [0.29, 0.717) is 0 Å². The number of hydrogen-bond donors (Lipinski definition) is 0. The topological polar surface area (TPSA) is 3.24 Å². The maximum Gasteiger partial charge on any atom is 0.0968 e. The van der Waals surface area contributed by atoms with Crippen LogP contribution in [0.15, 0.2) is 30.3 Å². The Hall–Kier alpha value is -1.26.